The average Bonchev–Trinajstić information content (AvgIpc) is 1.00. The summed E-state index contributed by atoms with van der Waals surface area (Å²) in [5.74, 6) is 0. The maximum atomic E-state index is 2.63. The first-order valence-corrected chi connectivity index (χ1v) is 30.0. The summed E-state index contributed by atoms with van der Waals surface area (Å²) in [6.45, 7) is 8.77. The molecule has 398 valence electrons. The van der Waals surface area contributed by atoms with E-state index in [2.05, 4.69) is 325 Å². The summed E-state index contributed by atoms with van der Waals surface area (Å²) in [7, 11) is 0. The fourth-order valence-corrected chi connectivity index (χ4v) is 15.2. The molecule has 4 aliphatic heterocycles. The fraction of sp³-hybridized carbons (Fsp3) is 0.0526. The molecule has 0 aliphatic carbocycles. The summed E-state index contributed by atoms with van der Waals surface area (Å²) in [5, 5.41) is 0. The second kappa shape index (κ2) is 19.9. The largest absolute Gasteiger partial charge is 0.311 e. The number of anilines is 15. The Morgan fingerprint density at radius 2 is 0.619 bits per heavy atom. The van der Waals surface area contributed by atoms with Crippen LogP contribution in [0.1, 0.15) is 22.3 Å². The molecule has 4 aliphatic rings. The van der Waals surface area contributed by atoms with E-state index >= 15 is 0 Å². The van der Waals surface area contributed by atoms with E-state index in [1.165, 1.54) is 87.6 Å². The number of hydrogen-bond acceptors (Lipinski definition) is 6. The molecule has 84 heavy (non-hydrogen) atoms. The second-order valence-electron chi connectivity index (χ2n) is 22.6. The number of rotatable bonds is 9. The van der Waals surface area contributed by atoms with Gasteiger partial charge in [0.25, 0.3) is 6.71 Å². The van der Waals surface area contributed by atoms with Crippen molar-refractivity contribution in [3.63, 3.8) is 0 Å². The lowest BCUT2D eigenvalue weighted by Gasteiger charge is -2.46. The smallest absolute Gasteiger partial charge is 0.252 e. The van der Waals surface area contributed by atoms with Crippen LogP contribution in [0.5, 0.6) is 0 Å². The normalized spacial score (nSPS) is 13.1. The minimum Gasteiger partial charge on any atom is -0.311 e. The van der Waals surface area contributed by atoms with Crippen molar-refractivity contribution in [1.29, 1.82) is 0 Å². The van der Waals surface area contributed by atoms with Crippen LogP contribution in [0.3, 0.4) is 0 Å². The predicted octanol–water partition coefficient (Wildman–Crippen LogP) is 16.7. The van der Waals surface area contributed by atoms with Crippen LogP contribution in [0, 0.1) is 27.7 Å². The first kappa shape index (κ1) is 49.9. The molecule has 12 aromatic carbocycles. The lowest BCUT2D eigenvalue weighted by molar-refractivity contribution is 1.20. The molecule has 0 aromatic heterocycles. The number of hydrogen-bond donors (Lipinski definition) is 0. The first-order valence-electron chi connectivity index (χ1n) is 29.2. The molecule has 12 aromatic rings. The van der Waals surface area contributed by atoms with Gasteiger partial charge in [-0.3, -0.25) is 0 Å². The molecular weight excluding hydrogens is 1040 g/mol. The van der Waals surface area contributed by atoms with E-state index in [1.54, 1.807) is 0 Å². The third-order valence-corrected chi connectivity index (χ3v) is 18.9. The Labute approximate surface area is 497 Å². The Morgan fingerprint density at radius 1 is 0.274 bits per heavy atom. The van der Waals surface area contributed by atoms with Gasteiger partial charge in [0, 0.05) is 89.4 Å². The Kier molecular flexibility index (Phi) is 11.8. The number of aryl methyl sites for hydroxylation is 4. The van der Waals surface area contributed by atoms with Gasteiger partial charge in [-0.25, -0.2) is 0 Å². The van der Waals surface area contributed by atoms with Crippen LogP contribution in [-0.2, 0) is 0 Å². The van der Waals surface area contributed by atoms with Crippen molar-refractivity contribution in [2.45, 2.75) is 37.5 Å². The van der Waals surface area contributed by atoms with Gasteiger partial charge < -0.3 is 24.5 Å². The van der Waals surface area contributed by atoms with Crippen LogP contribution >= 0.6 is 11.8 Å². The highest BCUT2D eigenvalue weighted by Crippen LogP contribution is 2.52. The SMILES string of the molecule is Cc1ccccc1N(c1cc2c3c(c1)N(c1ccccc1)c1ccccc1B3c1cc3c(cc1S2)N(c1ccccc1)c1cc(N(c2ccccc2C)c2ccccc2C)cc2c1B3c1ccccc1N2c1ccccc1)c1ccccc1C. The van der Waals surface area contributed by atoms with Gasteiger partial charge in [-0.05, 0) is 180 Å². The Morgan fingerprint density at radius 3 is 1.05 bits per heavy atom. The summed E-state index contributed by atoms with van der Waals surface area (Å²) < 4.78 is 0. The van der Waals surface area contributed by atoms with Gasteiger partial charge in [-0.2, -0.15) is 0 Å². The van der Waals surface area contributed by atoms with Crippen molar-refractivity contribution in [2.24, 2.45) is 0 Å². The quantitative estimate of drug-likeness (QED) is 0.133. The molecule has 0 saturated heterocycles. The summed E-state index contributed by atoms with van der Waals surface area (Å²) in [6, 6.07) is 102. The van der Waals surface area contributed by atoms with E-state index in [0.717, 1.165) is 62.6 Å². The minimum atomic E-state index is -0.101. The van der Waals surface area contributed by atoms with Gasteiger partial charge in [0.15, 0.2) is 0 Å². The molecule has 16 rings (SSSR count). The third kappa shape index (κ3) is 7.81. The highest BCUT2D eigenvalue weighted by atomic mass is 32.2. The molecular formula is C76H57B2N5S. The van der Waals surface area contributed by atoms with Crippen molar-refractivity contribution in [2.75, 3.05) is 24.5 Å². The first-order chi connectivity index (χ1) is 41.4. The molecule has 5 nitrogen and oxygen atoms in total. The van der Waals surface area contributed by atoms with E-state index in [9.17, 15) is 0 Å². The Balaban J connectivity index is 0.991. The molecule has 0 N–H and O–H groups in total. The number of para-hydroxylation sites is 9. The Hall–Kier alpha value is -9.88. The van der Waals surface area contributed by atoms with Gasteiger partial charge in [0.05, 0.1) is 5.69 Å². The fourth-order valence-electron chi connectivity index (χ4n) is 14.0. The molecule has 4 heterocycles. The zero-order chi connectivity index (χ0) is 56.2. The van der Waals surface area contributed by atoms with Crippen LogP contribution in [0.4, 0.5) is 85.3 Å². The van der Waals surface area contributed by atoms with E-state index in [4.69, 9.17) is 0 Å². The lowest BCUT2D eigenvalue weighted by Crippen LogP contribution is -2.64. The topological polar surface area (TPSA) is 16.2 Å². The van der Waals surface area contributed by atoms with Crippen LogP contribution in [0.25, 0.3) is 0 Å². The predicted molar refractivity (Wildman–Crippen MR) is 359 cm³/mol. The highest BCUT2D eigenvalue weighted by molar-refractivity contribution is 8.00. The number of benzene rings is 12. The van der Waals surface area contributed by atoms with Gasteiger partial charge in [-0.1, -0.05) is 187 Å². The van der Waals surface area contributed by atoms with Gasteiger partial charge in [0.2, 0.25) is 6.71 Å². The van der Waals surface area contributed by atoms with Crippen molar-refractivity contribution in [1.82, 2.24) is 0 Å². The van der Waals surface area contributed by atoms with E-state index in [-0.39, 0.29) is 13.4 Å². The van der Waals surface area contributed by atoms with Crippen LogP contribution in [0.2, 0.25) is 0 Å². The monoisotopic (exact) mass is 1090 g/mol. The average molecular weight is 1090 g/mol. The molecule has 8 heteroatoms. The minimum absolute atomic E-state index is 0.0583. The van der Waals surface area contributed by atoms with Gasteiger partial charge >= 0.3 is 0 Å². The van der Waals surface area contributed by atoms with Gasteiger partial charge in [-0.15, -0.1) is 0 Å². The molecule has 0 spiro atoms. The lowest BCUT2D eigenvalue weighted by atomic mass is 9.31. The molecule has 0 atom stereocenters. The van der Waals surface area contributed by atoms with E-state index < -0.39 is 0 Å². The van der Waals surface area contributed by atoms with Crippen LogP contribution < -0.4 is 57.3 Å². The number of nitrogens with zero attached hydrogens (tertiary/aromatic N) is 5. The summed E-state index contributed by atoms with van der Waals surface area (Å²) in [5.41, 5.74) is 29.9. The maximum Gasteiger partial charge on any atom is 0.252 e. The van der Waals surface area contributed by atoms with Crippen molar-refractivity contribution >= 4 is 143 Å². The van der Waals surface area contributed by atoms with Crippen LogP contribution in [-0.4, -0.2) is 13.4 Å². The summed E-state index contributed by atoms with van der Waals surface area (Å²) in [4.78, 5) is 15.1. The molecule has 0 unspecified atom stereocenters. The van der Waals surface area contributed by atoms with E-state index in [1.807, 2.05) is 11.8 Å². The number of fused-ring (bicyclic) bond motifs is 8. The maximum absolute atomic E-state index is 2.63. The van der Waals surface area contributed by atoms with Crippen LogP contribution in [0.15, 0.2) is 283 Å². The highest BCUT2D eigenvalue weighted by Gasteiger charge is 2.47. The van der Waals surface area contributed by atoms with E-state index in [0.29, 0.717) is 0 Å². The molecule has 0 amide bonds. The van der Waals surface area contributed by atoms with Gasteiger partial charge in [0.1, 0.15) is 0 Å². The van der Waals surface area contributed by atoms with Crippen molar-refractivity contribution in [3.05, 3.63) is 295 Å². The van der Waals surface area contributed by atoms with Crippen molar-refractivity contribution < 1.29 is 0 Å². The molecule has 0 saturated carbocycles. The van der Waals surface area contributed by atoms with Crippen molar-refractivity contribution in [3.8, 4) is 0 Å². The standard InChI is InChI=1S/C76H57B2N5S/c1-50-26-14-20-38-63(50)82(64-39-21-15-27-51(64)2)57-44-70-75-71(45-57)81(56-34-12-7-13-35-56)69-49-73-62(48-61(69)77(75)59-36-18-24-42-67(59)79(70)54-30-8-5-9-31-54)78-60-37-19-25-43-68(60)80(55-32-10-6-11-33-55)72-46-58(47-74(84-73)76(72)78)83(65-40-22-16-28-52(65)3)66-41-23-17-29-53(66)4/h5-49H,1-4H3. The summed E-state index contributed by atoms with van der Waals surface area (Å²) >= 11 is 1.92. The molecule has 0 bridgehead atoms. The molecule has 0 fully saturated rings. The summed E-state index contributed by atoms with van der Waals surface area (Å²) in [6.07, 6.45) is 0. The zero-order valence-corrected chi connectivity index (χ0v) is 48.1. The third-order valence-electron chi connectivity index (χ3n) is 17.7. The molecule has 0 radical (unpaired) electrons. The Bertz CT molecular complexity index is 4500. The zero-order valence-electron chi connectivity index (χ0n) is 47.3. The second-order valence-corrected chi connectivity index (χ2v) is 23.7.